The van der Waals surface area contributed by atoms with Gasteiger partial charge in [0, 0.05) is 12.5 Å². The molecule has 2 heterocycles. The highest BCUT2D eigenvalue weighted by atomic mass is 16.7. The first kappa shape index (κ1) is 18.0. The van der Waals surface area contributed by atoms with Crippen LogP contribution in [0, 0.1) is 17.3 Å². The third-order valence-electron chi connectivity index (χ3n) is 7.30. The molecule has 0 amide bonds. The minimum atomic E-state index is 0.0246. The highest BCUT2D eigenvalue weighted by Gasteiger charge is 2.42. The molecule has 4 aliphatic rings. The van der Waals surface area contributed by atoms with Gasteiger partial charge in [0.15, 0.2) is 6.29 Å². The van der Waals surface area contributed by atoms with Crippen molar-refractivity contribution in [1.29, 1.82) is 0 Å². The number of piperidine rings is 1. The molecule has 0 aromatic carbocycles. The van der Waals surface area contributed by atoms with Gasteiger partial charge in [-0.25, -0.2) is 0 Å². The van der Waals surface area contributed by atoms with Crippen molar-refractivity contribution in [2.45, 2.75) is 84.5 Å². The quantitative estimate of drug-likeness (QED) is 0.687. The van der Waals surface area contributed by atoms with E-state index in [-0.39, 0.29) is 12.4 Å². The Balaban J connectivity index is 1.38. The van der Waals surface area contributed by atoms with Crippen molar-refractivity contribution in [2.75, 3.05) is 26.2 Å². The van der Waals surface area contributed by atoms with Gasteiger partial charge in [0.05, 0.1) is 12.7 Å². The van der Waals surface area contributed by atoms with Crippen LogP contribution in [0.25, 0.3) is 0 Å². The second kappa shape index (κ2) is 7.32. The predicted molar refractivity (Wildman–Crippen MR) is 101 cm³/mol. The van der Waals surface area contributed by atoms with Gasteiger partial charge in [-0.2, -0.15) is 0 Å². The van der Waals surface area contributed by atoms with Crippen LogP contribution >= 0.6 is 0 Å². The number of allylic oxidation sites excluding steroid dienone is 2. The molecule has 0 saturated carbocycles. The van der Waals surface area contributed by atoms with Crippen LogP contribution in [-0.4, -0.2) is 43.5 Å². The standard InChI is InChI=1S/C22H37NO2/c1-16-12-17-8-7-9-22(2,3)20(17)13-19(16)21-24-15-18(25-21)14-23-10-5-4-6-11-23/h16,18-19,21H,4-15H2,1-3H3/t16-,18-,19-,21-/m1/s1. The van der Waals surface area contributed by atoms with E-state index >= 15 is 0 Å². The minimum Gasteiger partial charge on any atom is -0.350 e. The highest BCUT2D eigenvalue weighted by molar-refractivity contribution is 5.27. The van der Waals surface area contributed by atoms with Crippen LogP contribution in [0.1, 0.15) is 72.1 Å². The van der Waals surface area contributed by atoms with E-state index < -0.39 is 0 Å². The van der Waals surface area contributed by atoms with E-state index in [0.717, 1.165) is 13.2 Å². The van der Waals surface area contributed by atoms with Crippen molar-refractivity contribution in [1.82, 2.24) is 4.90 Å². The van der Waals surface area contributed by atoms with Crippen LogP contribution in [0.5, 0.6) is 0 Å². The maximum atomic E-state index is 6.44. The zero-order valence-electron chi connectivity index (χ0n) is 16.6. The molecule has 0 N–H and O–H groups in total. The molecular formula is C22H37NO2. The molecule has 25 heavy (non-hydrogen) atoms. The van der Waals surface area contributed by atoms with Gasteiger partial charge >= 0.3 is 0 Å². The largest absolute Gasteiger partial charge is 0.350 e. The van der Waals surface area contributed by atoms with Gasteiger partial charge in [-0.05, 0) is 69.4 Å². The lowest BCUT2D eigenvalue weighted by Crippen LogP contribution is -2.39. The Kier molecular flexibility index (Phi) is 5.28. The zero-order chi connectivity index (χ0) is 17.4. The van der Waals surface area contributed by atoms with E-state index in [4.69, 9.17) is 9.47 Å². The summed E-state index contributed by atoms with van der Waals surface area (Å²) in [7, 11) is 0. The Morgan fingerprint density at radius 2 is 1.88 bits per heavy atom. The molecule has 0 radical (unpaired) electrons. The first-order chi connectivity index (χ1) is 12.0. The van der Waals surface area contributed by atoms with E-state index in [9.17, 15) is 0 Å². The maximum absolute atomic E-state index is 6.44. The summed E-state index contributed by atoms with van der Waals surface area (Å²) in [6, 6.07) is 0. The van der Waals surface area contributed by atoms with E-state index in [1.807, 2.05) is 0 Å². The molecule has 2 saturated heterocycles. The summed E-state index contributed by atoms with van der Waals surface area (Å²) < 4.78 is 12.6. The second-order valence-corrected chi connectivity index (χ2v) is 9.69. The lowest BCUT2D eigenvalue weighted by Gasteiger charge is -2.44. The highest BCUT2D eigenvalue weighted by Crippen LogP contribution is 2.50. The Labute approximate surface area is 154 Å². The van der Waals surface area contributed by atoms with Gasteiger partial charge in [-0.15, -0.1) is 0 Å². The van der Waals surface area contributed by atoms with E-state index in [2.05, 4.69) is 25.7 Å². The van der Waals surface area contributed by atoms with E-state index in [0.29, 0.717) is 17.3 Å². The molecule has 0 unspecified atom stereocenters. The van der Waals surface area contributed by atoms with Crippen molar-refractivity contribution in [3.63, 3.8) is 0 Å². The topological polar surface area (TPSA) is 21.7 Å². The van der Waals surface area contributed by atoms with Crippen LogP contribution in [0.15, 0.2) is 11.1 Å². The first-order valence-corrected chi connectivity index (χ1v) is 10.7. The number of ether oxygens (including phenoxy) is 2. The van der Waals surface area contributed by atoms with Gasteiger partial charge in [0.25, 0.3) is 0 Å². The van der Waals surface area contributed by atoms with Gasteiger partial charge in [0.1, 0.15) is 0 Å². The smallest absolute Gasteiger partial charge is 0.161 e. The van der Waals surface area contributed by atoms with Gasteiger partial charge < -0.3 is 14.4 Å². The predicted octanol–water partition coefficient (Wildman–Crippen LogP) is 4.77. The minimum absolute atomic E-state index is 0.0246. The number of nitrogens with zero attached hydrogens (tertiary/aromatic N) is 1. The van der Waals surface area contributed by atoms with Gasteiger partial charge in [0.2, 0.25) is 0 Å². The summed E-state index contributed by atoms with van der Waals surface area (Å²) >= 11 is 0. The molecule has 4 atom stereocenters. The SMILES string of the molecule is C[C@@H]1CC2=C(C[C@H]1[C@@H]1OC[C@@H](CN3CCCCC3)O1)C(C)(C)CCC2. The lowest BCUT2D eigenvalue weighted by atomic mass is 9.63. The molecule has 0 spiro atoms. The fourth-order valence-electron chi connectivity index (χ4n) is 5.73. The van der Waals surface area contributed by atoms with Crippen LogP contribution in [-0.2, 0) is 9.47 Å². The van der Waals surface area contributed by atoms with Gasteiger partial charge in [-0.3, -0.25) is 0 Å². The summed E-state index contributed by atoms with van der Waals surface area (Å²) in [6.45, 7) is 11.7. The summed E-state index contributed by atoms with van der Waals surface area (Å²) in [5.41, 5.74) is 3.90. The van der Waals surface area contributed by atoms with Crippen LogP contribution < -0.4 is 0 Å². The zero-order valence-corrected chi connectivity index (χ0v) is 16.6. The van der Waals surface area contributed by atoms with Crippen LogP contribution in [0.2, 0.25) is 0 Å². The molecule has 0 aromatic rings. The van der Waals surface area contributed by atoms with Crippen molar-refractivity contribution < 1.29 is 9.47 Å². The summed E-state index contributed by atoms with van der Waals surface area (Å²) in [6.07, 6.45) is 10.9. The van der Waals surface area contributed by atoms with E-state index in [1.165, 1.54) is 64.5 Å². The lowest BCUT2D eigenvalue weighted by molar-refractivity contribution is -0.115. The number of hydrogen-bond donors (Lipinski definition) is 0. The van der Waals surface area contributed by atoms with Crippen LogP contribution in [0.3, 0.4) is 0 Å². The van der Waals surface area contributed by atoms with Crippen LogP contribution in [0.4, 0.5) is 0 Å². The van der Waals surface area contributed by atoms with Crippen molar-refractivity contribution in [2.24, 2.45) is 17.3 Å². The molecule has 0 aromatic heterocycles. The normalized spacial score (nSPS) is 39.5. The van der Waals surface area contributed by atoms with Crippen molar-refractivity contribution in [3.05, 3.63) is 11.1 Å². The summed E-state index contributed by atoms with van der Waals surface area (Å²) in [5.74, 6) is 1.23. The van der Waals surface area contributed by atoms with E-state index in [1.54, 1.807) is 11.1 Å². The summed E-state index contributed by atoms with van der Waals surface area (Å²) in [5, 5.41) is 0. The molecule has 3 heteroatoms. The molecule has 2 fully saturated rings. The molecule has 142 valence electrons. The number of likely N-dealkylation sites (tertiary alicyclic amines) is 1. The maximum Gasteiger partial charge on any atom is 0.161 e. The fourth-order valence-corrected chi connectivity index (χ4v) is 5.73. The average molecular weight is 348 g/mol. The van der Waals surface area contributed by atoms with Crippen molar-refractivity contribution in [3.8, 4) is 0 Å². The number of rotatable bonds is 3. The molecular weight excluding hydrogens is 310 g/mol. The Bertz CT molecular complexity index is 506. The molecule has 2 aliphatic heterocycles. The third-order valence-corrected chi connectivity index (χ3v) is 7.30. The van der Waals surface area contributed by atoms with Gasteiger partial charge in [-0.1, -0.05) is 38.3 Å². The Morgan fingerprint density at radius 1 is 1.08 bits per heavy atom. The first-order valence-electron chi connectivity index (χ1n) is 10.7. The summed E-state index contributed by atoms with van der Waals surface area (Å²) in [4.78, 5) is 2.58. The monoisotopic (exact) mass is 347 g/mol. The second-order valence-electron chi connectivity index (χ2n) is 9.69. The number of hydrogen-bond acceptors (Lipinski definition) is 3. The third kappa shape index (κ3) is 3.84. The fraction of sp³-hybridized carbons (Fsp3) is 0.909. The van der Waals surface area contributed by atoms with Crippen molar-refractivity contribution >= 4 is 0 Å². The molecule has 4 rings (SSSR count). The Morgan fingerprint density at radius 3 is 2.68 bits per heavy atom. The average Bonchev–Trinajstić information content (AvgIpc) is 3.03. The molecule has 2 aliphatic carbocycles. The molecule has 0 bridgehead atoms. The molecule has 3 nitrogen and oxygen atoms in total. The Hall–Kier alpha value is -0.380.